The molecule has 6 heteroatoms. The van der Waals surface area contributed by atoms with Crippen LogP contribution < -0.4 is 11.1 Å². The average molecular weight is 278 g/mol. The molecule has 1 aromatic carbocycles. The molecule has 6 nitrogen and oxygen atoms in total. The number of carboxylic acids is 1. The molecule has 1 unspecified atom stereocenters. The summed E-state index contributed by atoms with van der Waals surface area (Å²) in [5.74, 6) is -1.55. The standard InChI is InChI=1S/C14H18N2O4/c15-14(6-7-20-9-14)13(19)16-11(12(17)18)8-10-4-2-1-3-5-10/h1-5,11H,6-9,15H2,(H,16,19)(H,17,18)/t11-,14?/m0/s1. The summed E-state index contributed by atoms with van der Waals surface area (Å²) in [5.41, 5.74) is 5.64. The van der Waals surface area contributed by atoms with Crippen molar-refractivity contribution < 1.29 is 19.4 Å². The van der Waals surface area contributed by atoms with Gasteiger partial charge in [0, 0.05) is 13.0 Å². The molecule has 108 valence electrons. The van der Waals surface area contributed by atoms with Crippen LogP contribution in [0, 0.1) is 0 Å². The van der Waals surface area contributed by atoms with Crippen LogP contribution in [0.1, 0.15) is 12.0 Å². The number of ether oxygens (including phenoxy) is 1. The third-order valence-corrected chi connectivity index (χ3v) is 3.39. The highest BCUT2D eigenvalue weighted by Gasteiger charge is 2.39. The van der Waals surface area contributed by atoms with Crippen molar-refractivity contribution in [2.24, 2.45) is 5.73 Å². The van der Waals surface area contributed by atoms with Gasteiger partial charge in [0.1, 0.15) is 11.6 Å². The zero-order valence-electron chi connectivity index (χ0n) is 11.0. The smallest absolute Gasteiger partial charge is 0.326 e. The summed E-state index contributed by atoms with van der Waals surface area (Å²) < 4.78 is 5.11. The number of carbonyl (C=O) groups excluding carboxylic acids is 1. The number of benzene rings is 1. The van der Waals surface area contributed by atoms with Crippen molar-refractivity contribution in [2.45, 2.75) is 24.4 Å². The Morgan fingerprint density at radius 3 is 2.65 bits per heavy atom. The van der Waals surface area contributed by atoms with E-state index in [9.17, 15) is 14.7 Å². The van der Waals surface area contributed by atoms with E-state index in [2.05, 4.69) is 5.32 Å². The highest BCUT2D eigenvalue weighted by molar-refractivity contribution is 5.90. The molecule has 1 aliphatic rings. The van der Waals surface area contributed by atoms with Gasteiger partial charge in [-0.15, -0.1) is 0 Å². The highest BCUT2D eigenvalue weighted by atomic mass is 16.5. The second kappa shape index (κ2) is 6.02. The molecule has 1 fully saturated rings. The van der Waals surface area contributed by atoms with E-state index in [1.165, 1.54) is 0 Å². The van der Waals surface area contributed by atoms with Crippen LogP contribution in [0.5, 0.6) is 0 Å². The first kappa shape index (κ1) is 14.5. The van der Waals surface area contributed by atoms with Gasteiger partial charge < -0.3 is 20.9 Å². The predicted molar refractivity (Wildman–Crippen MR) is 72.1 cm³/mol. The third kappa shape index (κ3) is 3.34. The van der Waals surface area contributed by atoms with E-state index in [1.54, 1.807) is 0 Å². The number of hydrogen-bond donors (Lipinski definition) is 3. The number of hydrogen-bond acceptors (Lipinski definition) is 4. The zero-order chi connectivity index (χ0) is 14.6. The van der Waals surface area contributed by atoms with E-state index < -0.39 is 23.5 Å². The molecule has 0 aliphatic carbocycles. The number of rotatable bonds is 5. The van der Waals surface area contributed by atoms with Crippen molar-refractivity contribution in [3.63, 3.8) is 0 Å². The second-order valence-corrected chi connectivity index (χ2v) is 5.01. The van der Waals surface area contributed by atoms with E-state index >= 15 is 0 Å². The van der Waals surface area contributed by atoms with Crippen molar-refractivity contribution in [3.8, 4) is 0 Å². The molecule has 0 saturated carbocycles. The van der Waals surface area contributed by atoms with Crippen LogP contribution in [0.25, 0.3) is 0 Å². The Bertz CT molecular complexity index is 483. The van der Waals surface area contributed by atoms with Gasteiger partial charge in [-0.1, -0.05) is 30.3 Å². The molecule has 1 saturated heterocycles. The summed E-state index contributed by atoms with van der Waals surface area (Å²) in [6, 6.07) is 8.14. The molecule has 0 bridgehead atoms. The molecule has 1 aliphatic heterocycles. The number of carboxylic acid groups (broad SMARTS) is 1. The Morgan fingerprint density at radius 2 is 2.10 bits per heavy atom. The lowest BCUT2D eigenvalue weighted by molar-refractivity contribution is -0.142. The predicted octanol–water partition coefficient (Wildman–Crippen LogP) is -0.0837. The van der Waals surface area contributed by atoms with Crippen molar-refractivity contribution >= 4 is 11.9 Å². The lowest BCUT2D eigenvalue weighted by Crippen LogP contribution is -2.58. The van der Waals surface area contributed by atoms with E-state index in [-0.39, 0.29) is 13.0 Å². The largest absolute Gasteiger partial charge is 0.480 e. The van der Waals surface area contributed by atoms with Crippen LogP contribution in [0.2, 0.25) is 0 Å². The Morgan fingerprint density at radius 1 is 1.40 bits per heavy atom. The van der Waals surface area contributed by atoms with Gasteiger partial charge in [0.05, 0.1) is 6.61 Å². The Hall–Kier alpha value is -1.92. The molecular weight excluding hydrogens is 260 g/mol. The van der Waals surface area contributed by atoms with Gasteiger partial charge in [0.15, 0.2) is 0 Å². The van der Waals surface area contributed by atoms with E-state index in [0.29, 0.717) is 13.0 Å². The van der Waals surface area contributed by atoms with Crippen LogP contribution in [0.15, 0.2) is 30.3 Å². The second-order valence-electron chi connectivity index (χ2n) is 5.01. The van der Waals surface area contributed by atoms with Crippen molar-refractivity contribution in [1.82, 2.24) is 5.32 Å². The number of carbonyl (C=O) groups is 2. The molecule has 20 heavy (non-hydrogen) atoms. The first-order valence-electron chi connectivity index (χ1n) is 6.45. The SMILES string of the molecule is NC1(C(=O)N[C@@H](Cc2ccccc2)C(=O)O)CCOC1. The van der Waals surface area contributed by atoms with Gasteiger partial charge >= 0.3 is 5.97 Å². The molecule has 1 heterocycles. The summed E-state index contributed by atoms with van der Waals surface area (Å²) in [5, 5.41) is 11.7. The van der Waals surface area contributed by atoms with Crippen molar-refractivity contribution in [1.29, 1.82) is 0 Å². The maximum atomic E-state index is 12.1. The van der Waals surface area contributed by atoms with Gasteiger partial charge in [-0.3, -0.25) is 4.79 Å². The molecule has 1 aromatic rings. The fourth-order valence-electron chi connectivity index (χ4n) is 2.11. The van der Waals surface area contributed by atoms with Gasteiger partial charge in [-0.2, -0.15) is 0 Å². The molecule has 2 atom stereocenters. The van der Waals surface area contributed by atoms with E-state index in [1.807, 2.05) is 30.3 Å². The monoisotopic (exact) mass is 278 g/mol. The fourth-order valence-corrected chi connectivity index (χ4v) is 2.11. The Kier molecular flexibility index (Phi) is 4.36. The molecule has 0 spiro atoms. The molecule has 0 radical (unpaired) electrons. The minimum Gasteiger partial charge on any atom is -0.480 e. The van der Waals surface area contributed by atoms with Gasteiger partial charge in [-0.05, 0) is 12.0 Å². The van der Waals surface area contributed by atoms with E-state index in [4.69, 9.17) is 10.5 Å². The minimum absolute atomic E-state index is 0.122. The van der Waals surface area contributed by atoms with Crippen LogP contribution in [0.4, 0.5) is 0 Å². The van der Waals surface area contributed by atoms with Crippen molar-refractivity contribution in [3.05, 3.63) is 35.9 Å². The summed E-state index contributed by atoms with van der Waals surface area (Å²) in [4.78, 5) is 23.4. The molecule has 1 amide bonds. The maximum absolute atomic E-state index is 12.1. The van der Waals surface area contributed by atoms with Crippen LogP contribution >= 0.6 is 0 Å². The molecule has 2 rings (SSSR count). The lowest BCUT2D eigenvalue weighted by Gasteiger charge is -2.23. The lowest BCUT2D eigenvalue weighted by atomic mass is 9.97. The fraction of sp³-hybridized carbons (Fsp3) is 0.429. The number of nitrogens with two attached hydrogens (primary N) is 1. The maximum Gasteiger partial charge on any atom is 0.326 e. The number of aliphatic carboxylic acids is 1. The first-order chi connectivity index (χ1) is 9.51. The summed E-state index contributed by atoms with van der Waals surface area (Å²) >= 11 is 0. The summed E-state index contributed by atoms with van der Waals surface area (Å²) in [7, 11) is 0. The van der Waals surface area contributed by atoms with Crippen molar-refractivity contribution in [2.75, 3.05) is 13.2 Å². The summed E-state index contributed by atoms with van der Waals surface area (Å²) in [6.07, 6.45) is 0.620. The Balaban J connectivity index is 2.02. The summed E-state index contributed by atoms with van der Waals surface area (Å²) in [6.45, 7) is 0.539. The van der Waals surface area contributed by atoms with Crippen LogP contribution in [0.3, 0.4) is 0 Å². The quantitative estimate of drug-likeness (QED) is 0.699. The minimum atomic E-state index is -1.12. The van der Waals surface area contributed by atoms with Gasteiger partial charge in [0.25, 0.3) is 0 Å². The third-order valence-electron chi connectivity index (χ3n) is 3.39. The topological polar surface area (TPSA) is 102 Å². The molecule has 0 aromatic heterocycles. The normalized spacial score (nSPS) is 23.2. The molecular formula is C14H18N2O4. The van der Waals surface area contributed by atoms with Crippen LogP contribution in [-0.2, 0) is 20.7 Å². The van der Waals surface area contributed by atoms with Gasteiger partial charge in [0.2, 0.25) is 5.91 Å². The molecule has 4 N–H and O–H groups in total. The van der Waals surface area contributed by atoms with Gasteiger partial charge in [-0.25, -0.2) is 4.79 Å². The average Bonchev–Trinajstić information content (AvgIpc) is 2.87. The Labute approximate surface area is 116 Å². The highest BCUT2D eigenvalue weighted by Crippen LogP contribution is 2.16. The zero-order valence-corrected chi connectivity index (χ0v) is 11.0. The first-order valence-corrected chi connectivity index (χ1v) is 6.45. The van der Waals surface area contributed by atoms with Crippen LogP contribution in [-0.4, -0.2) is 41.8 Å². The number of amides is 1. The van der Waals surface area contributed by atoms with E-state index in [0.717, 1.165) is 5.56 Å². The number of nitrogens with one attached hydrogen (secondary N) is 1.